The molecule has 120 valence electrons. The number of nitriles is 1. The smallest absolute Gasteiger partial charge is 0.186 e. The third-order valence-corrected chi connectivity index (χ3v) is 4.90. The number of ether oxygens (including phenoxy) is 1. The Morgan fingerprint density at radius 2 is 2.08 bits per heavy atom. The molecule has 3 heterocycles. The second-order valence-electron chi connectivity index (χ2n) is 5.45. The largest absolute Gasteiger partial charge is 0.378 e. The first-order chi connectivity index (χ1) is 11.8. The molecular formula is C17H15N5OS. The Morgan fingerprint density at radius 3 is 2.83 bits per heavy atom. The van der Waals surface area contributed by atoms with Crippen molar-refractivity contribution in [2.75, 3.05) is 36.5 Å². The van der Waals surface area contributed by atoms with Gasteiger partial charge in [0, 0.05) is 25.0 Å². The number of thiazole rings is 1. The standard InChI is InChI=1S/C17H15N5OS/c18-10-12-1-4-16(19-11-12)20-13-2-3-14-15(9-13)24-17(21-14)22-5-7-23-8-6-22/h1-4,9,11H,5-8H2,(H,19,20). The van der Waals surface area contributed by atoms with Crippen molar-refractivity contribution in [2.45, 2.75) is 0 Å². The third kappa shape index (κ3) is 3.02. The molecule has 0 bridgehead atoms. The molecule has 0 radical (unpaired) electrons. The van der Waals surface area contributed by atoms with E-state index in [9.17, 15) is 0 Å². The zero-order valence-corrected chi connectivity index (χ0v) is 13.7. The number of hydrogen-bond acceptors (Lipinski definition) is 7. The van der Waals surface area contributed by atoms with Crippen LogP contribution in [-0.2, 0) is 4.74 Å². The number of morpholine rings is 1. The lowest BCUT2D eigenvalue weighted by Gasteiger charge is -2.25. The van der Waals surface area contributed by atoms with Gasteiger partial charge in [-0.3, -0.25) is 0 Å². The minimum atomic E-state index is 0.550. The van der Waals surface area contributed by atoms with Crippen molar-refractivity contribution in [3.63, 3.8) is 0 Å². The maximum atomic E-state index is 8.82. The fraction of sp³-hybridized carbons (Fsp3) is 0.235. The molecule has 4 rings (SSSR count). The fourth-order valence-electron chi connectivity index (χ4n) is 2.56. The van der Waals surface area contributed by atoms with Crippen LogP contribution in [0.5, 0.6) is 0 Å². The molecule has 0 aliphatic carbocycles. The second kappa shape index (κ2) is 6.43. The molecule has 1 fully saturated rings. The van der Waals surface area contributed by atoms with Gasteiger partial charge in [0.05, 0.1) is 29.0 Å². The average molecular weight is 337 g/mol. The van der Waals surface area contributed by atoms with Crippen LogP contribution in [-0.4, -0.2) is 36.3 Å². The van der Waals surface area contributed by atoms with E-state index in [-0.39, 0.29) is 0 Å². The van der Waals surface area contributed by atoms with Crippen molar-refractivity contribution in [2.24, 2.45) is 0 Å². The maximum absolute atomic E-state index is 8.82. The number of pyridine rings is 1. The number of hydrogen-bond donors (Lipinski definition) is 1. The molecule has 1 saturated heterocycles. The Labute approximate surface area is 143 Å². The fourth-order valence-corrected chi connectivity index (χ4v) is 3.62. The average Bonchev–Trinajstić information content (AvgIpc) is 3.06. The Balaban J connectivity index is 1.57. The van der Waals surface area contributed by atoms with Gasteiger partial charge in [-0.1, -0.05) is 11.3 Å². The minimum absolute atomic E-state index is 0.550. The van der Waals surface area contributed by atoms with Gasteiger partial charge >= 0.3 is 0 Å². The highest BCUT2D eigenvalue weighted by Crippen LogP contribution is 2.31. The van der Waals surface area contributed by atoms with E-state index < -0.39 is 0 Å². The summed E-state index contributed by atoms with van der Waals surface area (Å²) in [7, 11) is 0. The molecule has 7 heteroatoms. The first kappa shape index (κ1) is 14.9. The first-order valence-electron chi connectivity index (χ1n) is 7.68. The molecule has 2 aromatic heterocycles. The highest BCUT2D eigenvalue weighted by molar-refractivity contribution is 7.22. The zero-order chi connectivity index (χ0) is 16.4. The van der Waals surface area contributed by atoms with E-state index in [1.165, 1.54) is 0 Å². The molecule has 3 aromatic rings. The number of nitrogens with one attached hydrogen (secondary N) is 1. The number of aromatic nitrogens is 2. The predicted molar refractivity (Wildman–Crippen MR) is 94.9 cm³/mol. The molecule has 1 N–H and O–H groups in total. The number of fused-ring (bicyclic) bond motifs is 1. The van der Waals surface area contributed by atoms with Crippen molar-refractivity contribution in [3.8, 4) is 6.07 Å². The maximum Gasteiger partial charge on any atom is 0.186 e. The summed E-state index contributed by atoms with van der Waals surface area (Å²) in [6.45, 7) is 3.29. The van der Waals surface area contributed by atoms with E-state index in [2.05, 4.69) is 27.3 Å². The van der Waals surface area contributed by atoms with Crippen LogP contribution in [0.4, 0.5) is 16.6 Å². The summed E-state index contributed by atoms with van der Waals surface area (Å²) in [5.41, 5.74) is 2.50. The molecule has 0 amide bonds. The van der Waals surface area contributed by atoms with E-state index in [0.29, 0.717) is 11.4 Å². The van der Waals surface area contributed by atoms with Gasteiger partial charge < -0.3 is 15.0 Å². The molecule has 1 aromatic carbocycles. The van der Waals surface area contributed by atoms with E-state index >= 15 is 0 Å². The molecule has 0 spiro atoms. The minimum Gasteiger partial charge on any atom is -0.378 e. The summed E-state index contributed by atoms with van der Waals surface area (Å²) >= 11 is 1.69. The summed E-state index contributed by atoms with van der Waals surface area (Å²) in [5.74, 6) is 0.714. The van der Waals surface area contributed by atoms with Crippen LogP contribution in [0.3, 0.4) is 0 Å². The quantitative estimate of drug-likeness (QED) is 0.791. The highest BCUT2D eigenvalue weighted by atomic mass is 32.1. The van der Waals surface area contributed by atoms with Gasteiger partial charge in [0.1, 0.15) is 11.9 Å². The number of rotatable bonds is 3. The normalized spacial score (nSPS) is 14.5. The van der Waals surface area contributed by atoms with Crippen molar-refractivity contribution in [1.82, 2.24) is 9.97 Å². The van der Waals surface area contributed by atoms with E-state index in [1.54, 1.807) is 29.7 Å². The van der Waals surface area contributed by atoms with Crippen LogP contribution < -0.4 is 10.2 Å². The number of anilines is 3. The zero-order valence-electron chi connectivity index (χ0n) is 12.9. The lowest BCUT2D eigenvalue weighted by molar-refractivity contribution is 0.122. The van der Waals surface area contributed by atoms with Crippen molar-refractivity contribution < 1.29 is 4.74 Å². The van der Waals surface area contributed by atoms with Crippen LogP contribution >= 0.6 is 11.3 Å². The monoisotopic (exact) mass is 337 g/mol. The molecule has 6 nitrogen and oxygen atoms in total. The van der Waals surface area contributed by atoms with Crippen LogP contribution in [0.15, 0.2) is 36.5 Å². The van der Waals surface area contributed by atoms with Crippen molar-refractivity contribution in [1.29, 1.82) is 5.26 Å². The second-order valence-corrected chi connectivity index (χ2v) is 6.46. The summed E-state index contributed by atoms with van der Waals surface area (Å²) in [5, 5.41) is 13.1. The number of nitrogens with zero attached hydrogens (tertiary/aromatic N) is 4. The van der Waals surface area contributed by atoms with Crippen LogP contribution in [0.1, 0.15) is 5.56 Å². The van der Waals surface area contributed by atoms with Gasteiger partial charge in [-0.25, -0.2) is 9.97 Å². The van der Waals surface area contributed by atoms with E-state index in [4.69, 9.17) is 15.0 Å². The van der Waals surface area contributed by atoms with Crippen LogP contribution in [0.2, 0.25) is 0 Å². The van der Waals surface area contributed by atoms with Crippen LogP contribution in [0, 0.1) is 11.3 Å². The molecular weight excluding hydrogens is 322 g/mol. The first-order valence-corrected chi connectivity index (χ1v) is 8.50. The van der Waals surface area contributed by atoms with Gasteiger partial charge in [0.15, 0.2) is 5.13 Å². The van der Waals surface area contributed by atoms with Crippen molar-refractivity contribution >= 4 is 38.2 Å². The predicted octanol–water partition coefficient (Wildman–Crippen LogP) is 3.14. The van der Waals surface area contributed by atoms with Gasteiger partial charge in [-0.15, -0.1) is 0 Å². The molecule has 0 unspecified atom stereocenters. The Kier molecular flexibility index (Phi) is 3.99. The molecule has 0 saturated carbocycles. The Bertz CT molecular complexity index is 893. The topological polar surface area (TPSA) is 74.1 Å². The molecule has 24 heavy (non-hydrogen) atoms. The van der Waals surface area contributed by atoms with E-state index in [0.717, 1.165) is 47.3 Å². The molecule has 1 aliphatic heterocycles. The van der Waals surface area contributed by atoms with Gasteiger partial charge in [-0.2, -0.15) is 5.26 Å². The Morgan fingerprint density at radius 1 is 1.21 bits per heavy atom. The van der Waals surface area contributed by atoms with Crippen LogP contribution in [0.25, 0.3) is 10.2 Å². The van der Waals surface area contributed by atoms with E-state index in [1.807, 2.05) is 12.1 Å². The van der Waals surface area contributed by atoms with Crippen molar-refractivity contribution in [3.05, 3.63) is 42.1 Å². The summed E-state index contributed by atoms with van der Waals surface area (Å²) in [4.78, 5) is 11.2. The Hall–Kier alpha value is -2.69. The lowest BCUT2D eigenvalue weighted by atomic mass is 10.3. The van der Waals surface area contributed by atoms with Gasteiger partial charge in [-0.05, 0) is 30.3 Å². The SMILES string of the molecule is N#Cc1ccc(Nc2ccc3nc(N4CCOCC4)sc3c2)nc1. The molecule has 0 atom stereocenters. The summed E-state index contributed by atoms with van der Waals surface area (Å²) in [6, 6.07) is 11.7. The number of benzene rings is 1. The third-order valence-electron chi connectivity index (χ3n) is 3.82. The highest BCUT2D eigenvalue weighted by Gasteiger charge is 2.15. The summed E-state index contributed by atoms with van der Waals surface area (Å²) < 4.78 is 6.53. The van der Waals surface area contributed by atoms with Gasteiger partial charge in [0.25, 0.3) is 0 Å². The van der Waals surface area contributed by atoms with Gasteiger partial charge in [0.2, 0.25) is 0 Å². The molecule has 1 aliphatic rings. The lowest BCUT2D eigenvalue weighted by Crippen LogP contribution is -2.36. The summed E-state index contributed by atoms with van der Waals surface area (Å²) in [6.07, 6.45) is 1.56.